The average Bonchev–Trinajstić information content (AvgIpc) is 3.54. The summed E-state index contributed by atoms with van der Waals surface area (Å²) >= 11 is 0. The molecule has 3 saturated carbocycles. The molecular formula is C28H60N6O5. The Bertz CT molecular complexity index is 499. The molecule has 0 spiro atoms. The molecule has 0 aromatic heterocycles. The Morgan fingerprint density at radius 1 is 0.615 bits per heavy atom. The van der Waals surface area contributed by atoms with Gasteiger partial charge in [0.25, 0.3) is 6.47 Å². The van der Waals surface area contributed by atoms with E-state index in [2.05, 4.69) is 35.4 Å². The van der Waals surface area contributed by atoms with Crippen LogP contribution in [0.25, 0.3) is 0 Å². The molecular weight excluding hydrogens is 500 g/mol. The van der Waals surface area contributed by atoms with E-state index in [-0.39, 0.29) is 13.9 Å². The number of amides is 2. The Balaban J connectivity index is 0. The molecule has 4 rings (SSSR count). The molecule has 232 valence electrons. The fourth-order valence-electron chi connectivity index (χ4n) is 4.95. The van der Waals surface area contributed by atoms with Gasteiger partial charge in [-0.2, -0.15) is 0 Å². The summed E-state index contributed by atoms with van der Waals surface area (Å²) in [5, 5.41) is 19.0. The lowest BCUT2D eigenvalue weighted by Crippen LogP contribution is -2.38. The monoisotopic (exact) mass is 560 g/mol. The van der Waals surface area contributed by atoms with Gasteiger partial charge in [-0.05, 0) is 104 Å². The summed E-state index contributed by atoms with van der Waals surface area (Å²) in [7, 11) is 4.12. The van der Waals surface area contributed by atoms with E-state index in [9.17, 15) is 9.59 Å². The summed E-state index contributed by atoms with van der Waals surface area (Å²) in [4.78, 5) is 28.6. The highest BCUT2D eigenvalue weighted by molar-refractivity contribution is 5.47. The van der Waals surface area contributed by atoms with Crippen LogP contribution in [0, 0.1) is 0 Å². The van der Waals surface area contributed by atoms with Gasteiger partial charge in [0.2, 0.25) is 12.8 Å². The van der Waals surface area contributed by atoms with E-state index in [1.807, 2.05) is 0 Å². The van der Waals surface area contributed by atoms with Gasteiger partial charge < -0.3 is 42.6 Å². The number of hydrogen-bond acceptors (Lipinski definition) is 8. The summed E-state index contributed by atoms with van der Waals surface area (Å²) in [6, 6.07) is 3.07. The molecule has 1 aliphatic heterocycles. The fourth-order valence-corrected chi connectivity index (χ4v) is 4.95. The van der Waals surface area contributed by atoms with Crippen molar-refractivity contribution in [3.05, 3.63) is 0 Å². The maximum atomic E-state index is 10.1. The molecule has 0 atom stereocenters. The molecule has 0 unspecified atom stereocenters. The Hall–Kier alpha value is -1.79. The molecule has 9 N–H and O–H groups in total. The summed E-state index contributed by atoms with van der Waals surface area (Å²) in [5.74, 6) is 0. The second-order valence-electron chi connectivity index (χ2n) is 10.3. The lowest BCUT2D eigenvalue weighted by molar-refractivity contribution is -0.123. The van der Waals surface area contributed by atoms with Gasteiger partial charge in [-0.1, -0.05) is 7.43 Å². The predicted molar refractivity (Wildman–Crippen MR) is 159 cm³/mol. The number of carboxylic acid groups (broad SMARTS) is 1. The van der Waals surface area contributed by atoms with Gasteiger partial charge in [-0.15, -0.1) is 0 Å². The van der Waals surface area contributed by atoms with Crippen molar-refractivity contribution in [1.82, 2.24) is 21.3 Å². The van der Waals surface area contributed by atoms with Crippen molar-refractivity contribution in [1.29, 1.82) is 0 Å². The third kappa shape index (κ3) is 22.7. The summed E-state index contributed by atoms with van der Waals surface area (Å²) in [6.07, 6.45) is 17.7. The van der Waals surface area contributed by atoms with Crippen molar-refractivity contribution in [3.8, 4) is 0 Å². The zero-order valence-electron chi connectivity index (χ0n) is 23.7. The normalized spacial score (nSPS) is 29.2. The molecule has 0 radical (unpaired) electrons. The van der Waals surface area contributed by atoms with Crippen molar-refractivity contribution in [2.24, 2.45) is 11.5 Å². The van der Waals surface area contributed by atoms with Crippen LogP contribution in [0.5, 0.6) is 0 Å². The van der Waals surface area contributed by atoms with Gasteiger partial charge in [-0.3, -0.25) is 14.4 Å². The first-order valence-corrected chi connectivity index (χ1v) is 14.3. The third-order valence-electron chi connectivity index (χ3n) is 7.52. The van der Waals surface area contributed by atoms with Crippen molar-refractivity contribution >= 4 is 19.3 Å². The molecule has 0 bridgehead atoms. The van der Waals surface area contributed by atoms with Gasteiger partial charge in [0.1, 0.15) is 0 Å². The molecule has 0 aromatic rings. The van der Waals surface area contributed by atoms with E-state index >= 15 is 0 Å². The number of rotatable bonds is 6. The standard InChI is InChI=1S/C8H14N2O2.C8H18N2.C6H14N2.C4H8O.CH2O2.CH4/c11-5-9-7-1-2-8(4-3-7)10-6-12;1-9-7-3-5-8(10-2)6-4-7;7-5-1-2-6(8)4-3-5;1-2-4-5-3-1;2-1-3;/h5-8H,1-4H2,(H,9,11)(H,10,12);7-10H,3-6H2,1-2H3;5-6H,1-4,7-8H2;1-4H2;1H,(H,2,3);1H4. The van der Waals surface area contributed by atoms with Crippen LogP contribution in [0.2, 0.25) is 0 Å². The van der Waals surface area contributed by atoms with E-state index in [0.717, 1.165) is 89.5 Å². The van der Waals surface area contributed by atoms with Crippen LogP contribution in [0.15, 0.2) is 0 Å². The second-order valence-corrected chi connectivity index (χ2v) is 10.3. The van der Waals surface area contributed by atoms with Crippen LogP contribution in [0.1, 0.15) is 97.3 Å². The zero-order chi connectivity index (χ0) is 28.4. The number of ether oxygens (including phenoxy) is 1. The van der Waals surface area contributed by atoms with Gasteiger partial charge >= 0.3 is 0 Å². The van der Waals surface area contributed by atoms with Crippen LogP contribution in [0.4, 0.5) is 0 Å². The zero-order valence-corrected chi connectivity index (χ0v) is 23.7. The third-order valence-corrected chi connectivity index (χ3v) is 7.52. The first kappa shape index (κ1) is 39.4. The van der Waals surface area contributed by atoms with Gasteiger partial charge in [0.05, 0.1) is 0 Å². The van der Waals surface area contributed by atoms with E-state index in [1.165, 1.54) is 38.5 Å². The van der Waals surface area contributed by atoms with E-state index in [4.69, 9.17) is 26.1 Å². The Morgan fingerprint density at radius 2 is 0.897 bits per heavy atom. The van der Waals surface area contributed by atoms with Crippen LogP contribution < -0.4 is 32.7 Å². The minimum absolute atomic E-state index is 0. The molecule has 3 aliphatic carbocycles. The van der Waals surface area contributed by atoms with E-state index < -0.39 is 0 Å². The molecule has 1 saturated heterocycles. The van der Waals surface area contributed by atoms with Gasteiger partial charge in [0, 0.05) is 49.5 Å². The molecule has 2 amide bonds. The first-order chi connectivity index (χ1) is 18.4. The van der Waals surface area contributed by atoms with E-state index in [0.29, 0.717) is 24.2 Å². The maximum absolute atomic E-state index is 10.1. The Kier molecular flexibility index (Phi) is 28.0. The number of carbonyl (C=O) groups is 3. The smallest absolute Gasteiger partial charge is 0.290 e. The lowest BCUT2D eigenvalue weighted by atomic mass is 9.91. The van der Waals surface area contributed by atoms with Crippen LogP contribution >= 0.6 is 0 Å². The predicted octanol–water partition coefficient (Wildman–Crippen LogP) is 1.87. The van der Waals surface area contributed by atoms with Crippen molar-refractivity contribution < 1.29 is 24.2 Å². The van der Waals surface area contributed by atoms with Crippen LogP contribution in [0.3, 0.4) is 0 Å². The highest BCUT2D eigenvalue weighted by Crippen LogP contribution is 2.18. The van der Waals surface area contributed by atoms with Crippen LogP contribution in [-0.4, -0.2) is 88.0 Å². The van der Waals surface area contributed by atoms with Gasteiger partial charge in [-0.25, -0.2) is 0 Å². The lowest BCUT2D eigenvalue weighted by Gasteiger charge is -2.27. The molecule has 39 heavy (non-hydrogen) atoms. The highest BCUT2D eigenvalue weighted by atomic mass is 16.5. The topological polar surface area (TPSA) is 181 Å². The second kappa shape index (κ2) is 27.8. The largest absolute Gasteiger partial charge is 0.483 e. The molecule has 1 heterocycles. The van der Waals surface area contributed by atoms with E-state index in [1.54, 1.807) is 0 Å². The van der Waals surface area contributed by atoms with Crippen LogP contribution in [-0.2, 0) is 19.1 Å². The first-order valence-electron chi connectivity index (χ1n) is 14.3. The minimum Gasteiger partial charge on any atom is -0.483 e. The SMILES string of the molecule is C.C1CCOC1.CNC1CCC(NC)CC1.NC1CCC(N)CC1.O=CNC1CCC(NC=O)CC1.O=CO. The van der Waals surface area contributed by atoms with Crippen molar-refractivity contribution in [2.45, 2.75) is 134 Å². The van der Waals surface area contributed by atoms with Crippen molar-refractivity contribution in [3.63, 3.8) is 0 Å². The van der Waals surface area contributed by atoms with Crippen molar-refractivity contribution in [2.75, 3.05) is 27.3 Å². The summed E-state index contributed by atoms with van der Waals surface area (Å²) in [5.41, 5.74) is 11.3. The number of hydrogen-bond donors (Lipinski definition) is 7. The minimum atomic E-state index is -0.250. The number of nitrogens with one attached hydrogen (secondary N) is 4. The average molecular weight is 561 g/mol. The molecule has 4 fully saturated rings. The highest BCUT2D eigenvalue weighted by Gasteiger charge is 2.19. The molecule has 11 heteroatoms. The van der Waals surface area contributed by atoms with Gasteiger partial charge in [0.15, 0.2) is 0 Å². The Labute approximate surface area is 237 Å². The molecule has 4 aliphatic rings. The fraction of sp³-hybridized carbons (Fsp3) is 0.893. The number of carbonyl (C=O) groups excluding carboxylic acids is 2. The summed E-state index contributed by atoms with van der Waals surface area (Å²) < 4.78 is 4.94. The molecule has 0 aromatic carbocycles. The number of nitrogens with two attached hydrogens (primary N) is 2. The Morgan fingerprint density at radius 3 is 1.10 bits per heavy atom. The quantitative estimate of drug-likeness (QED) is 0.239. The summed E-state index contributed by atoms with van der Waals surface area (Å²) in [6.45, 7) is 1.75. The molecule has 11 nitrogen and oxygen atoms in total. The maximum Gasteiger partial charge on any atom is 0.290 e.